The molecule has 1 N–H and O–H groups in total. The number of alkyl halides is 1. The zero-order valence-corrected chi connectivity index (χ0v) is 8.72. The largest absolute Gasteiger partial charge is 0.392 e. The molecule has 0 bridgehead atoms. The van der Waals surface area contributed by atoms with Gasteiger partial charge < -0.3 is 5.11 Å². The van der Waals surface area contributed by atoms with Gasteiger partial charge in [0.15, 0.2) is 0 Å². The third-order valence-electron chi connectivity index (χ3n) is 1.86. The van der Waals surface area contributed by atoms with Crippen LogP contribution < -0.4 is 0 Å². The van der Waals surface area contributed by atoms with Gasteiger partial charge in [-0.1, -0.05) is 23.7 Å². The predicted octanol–water partition coefficient (Wildman–Crippen LogP) is 2.87. The zero-order valence-electron chi connectivity index (χ0n) is 7.21. The van der Waals surface area contributed by atoms with Crippen LogP contribution >= 0.6 is 23.2 Å². The first-order valence-corrected chi connectivity index (χ1v) is 5.12. The standard InChI is InChI=1S/C10H12Cl2O/c11-7-10(13)6-3-8-1-4-9(12)5-2-8/h1-2,4-5,10,13H,3,6-7H2/t10-/m0/s1. The van der Waals surface area contributed by atoms with Crippen molar-refractivity contribution >= 4 is 23.2 Å². The molecule has 0 aliphatic carbocycles. The summed E-state index contributed by atoms with van der Waals surface area (Å²) in [4.78, 5) is 0. The average molecular weight is 219 g/mol. The molecule has 3 heteroatoms. The van der Waals surface area contributed by atoms with E-state index < -0.39 is 6.10 Å². The lowest BCUT2D eigenvalue weighted by Gasteiger charge is -2.05. The topological polar surface area (TPSA) is 20.2 Å². The van der Waals surface area contributed by atoms with E-state index in [2.05, 4.69) is 0 Å². The molecule has 0 amide bonds. The Balaban J connectivity index is 2.41. The number of aryl methyl sites for hydroxylation is 1. The van der Waals surface area contributed by atoms with Gasteiger partial charge in [-0.3, -0.25) is 0 Å². The SMILES string of the molecule is O[C@H](CCl)CCc1ccc(Cl)cc1. The van der Waals surface area contributed by atoms with Crippen molar-refractivity contribution in [2.75, 3.05) is 5.88 Å². The average Bonchev–Trinajstić information content (AvgIpc) is 2.16. The highest BCUT2D eigenvalue weighted by atomic mass is 35.5. The number of benzene rings is 1. The van der Waals surface area contributed by atoms with E-state index in [9.17, 15) is 5.11 Å². The Morgan fingerprint density at radius 2 is 1.85 bits per heavy atom. The van der Waals surface area contributed by atoms with E-state index in [4.69, 9.17) is 23.2 Å². The van der Waals surface area contributed by atoms with Crippen LogP contribution in [0.15, 0.2) is 24.3 Å². The van der Waals surface area contributed by atoms with Gasteiger partial charge in [0.05, 0.1) is 6.10 Å². The second-order valence-corrected chi connectivity index (χ2v) is 3.72. The predicted molar refractivity (Wildman–Crippen MR) is 56.5 cm³/mol. The molecule has 0 spiro atoms. The Bertz CT molecular complexity index is 246. The summed E-state index contributed by atoms with van der Waals surface area (Å²) in [5, 5.41) is 9.95. The Labute approximate surface area is 88.3 Å². The van der Waals surface area contributed by atoms with Crippen molar-refractivity contribution in [3.8, 4) is 0 Å². The smallest absolute Gasteiger partial charge is 0.0678 e. The van der Waals surface area contributed by atoms with Gasteiger partial charge in [-0.25, -0.2) is 0 Å². The highest BCUT2D eigenvalue weighted by Crippen LogP contribution is 2.11. The van der Waals surface area contributed by atoms with E-state index in [0.29, 0.717) is 12.3 Å². The number of hydrogen-bond donors (Lipinski definition) is 1. The molecule has 0 fully saturated rings. The maximum Gasteiger partial charge on any atom is 0.0678 e. The third kappa shape index (κ3) is 3.99. The lowest BCUT2D eigenvalue weighted by atomic mass is 10.1. The second-order valence-electron chi connectivity index (χ2n) is 2.97. The summed E-state index contributed by atoms with van der Waals surface area (Å²) < 4.78 is 0. The monoisotopic (exact) mass is 218 g/mol. The van der Waals surface area contributed by atoms with E-state index in [0.717, 1.165) is 11.4 Å². The third-order valence-corrected chi connectivity index (χ3v) is 2.47. The lowest BCUT2D eigenvalue weighted by Crippen LogP contribution is -2.09. The van der Waals surface area contributed by atoms with Crippen LogP contribution in [0.3, 0.4) is 0 Å². The van der Waals surface area contributed by atoms with Gasteiger partial charge in [-0.15, -0.1) is 11.6 Å². The minimum Gasteiger partial charge on any atom is -0.392 e. The molecule has 0 unspecified atom stereocenters. The molecule has 0 heterocycles. The number of rotatable bonds is 4. The van der Waals surface area contributed by atoms with E-state index in [1.165, 1.54) is 5.56 Å². The fraction of sp³-hybridized carbons (Fsp3) is 0.400. The first-order valence-electron chi connectivity index (χ1n) is 4.21. The molecule has 0 aliphatic rings. The number of hydrogen-bond acceptors (Lipinski definition) is 1. The molecule has 1 nitrogen and oxygen atoms in total. The first-order chi connectivity index (χ1) is 6.22. The molecule has 0 aliphatic heterocycles. The minimum atomic E-state index is -0.405. The van der Waals surface area contributed by atoms with Crippen LogP contribution in [-0.4, -0.2) is 17.1 Å². The second kappa shape index (κ2) is 5.48. The Kier molecular flexibility index (Phi) is 4.57. The fourth-order valence-corrected chi connectivity index (χ4v) is 1.34. The summed E-state index contributed by atoms with van der Waals surface area (Å²) >= 11 is 11.2. The molecular formula is C10H12Cl2O. The van der Waals surface area contributed by atoms with Gasteiger partial charge >= 0.3 is 0 Å². The molecule has 1 rings (SSSR count). The van der Waals surface area contributed by atoms with Crippen molar-refractivity contribution in [2.45, 2.75) is 18.9 Å². The van der Waals surface area contributed by atoms with Crippen LogP contribution in [0.5, 0.6) is 0 Å². The molecule has 13 heavy (non-hydrogen) atoms. The van der Waals surface area contributed by atoms with Crippen LogP contribution in [-0.2, 0) is 6.42 Å². The van der Waals surface area contributed by atoms with E-state index in [1.54, 1.807) is 0 Å². The van der Waals surface area contributed by atoms with E-state index in [1.807, 2.05) is 24.3 Å². The maximum absolute atomic E-state index is 9.22. The minimum absolute atomic E-state index is 0.299. The van der Waals surface area contributed by atoms with E-state index >= 15 is 0 Å². The molecule has 1 aromatic rings. The van der Waals surface area contributed by atoms with Crippen LogP contribution in [0.1, 0.15) is 12.0 Å². The molecule has 0 saturated heterocycles. The molecule has 0 saturated carbocycles. The Morgan fingerprint density at radius 1 is 1.23 bits per heavy atom. The maximum atomic E-state index is 9.22. The molecule has 1 aromatic carbocycles. The van der Waals surface area contributed by atoms with Crippen molar-refractivity contribution in [1.82, 2.24) is 0 Å². The Morgan fingerprint density at radius 3 is 2.38 bits per heavy atom. The number of aliphatic hydroxyl groups is 1. The summed E-state index contributed by atoms with van der Waals surface area (Å²) in [7, 11) is 0. The highest BCUT2D eigenvalue weighted by Gasteiger charge is 2.01. The van der Waals surface area contributed by atoms with Crippen molar-refractivity contribution in [1.29, 1.82) is 0 Å². The molecular weight excluding hydrogens is 207 g/mol. The van der Waals surface area contributed by atoms with Gasteiger partial charge in [0, 0.05) is 10.9 Å². The zero-order chi connectivity index (χ0) is 9.68. The number of halogens is 2. The molecule has 0 aromatic heterocycles. The fourth-order valence-electron chi connectivity index (χ4n) is 1.06. The van der Waals surface area contributed by atoms with E-state index in [-0.39, 0.29) is 0 Å². The Hall–Kier alpha value is -0.240. The van der Waals surface area contributed by atoms with Crippen LogP contribution in [0.4, 0.5) is 0 Å². The van der Waals surface area contributed by atoms with Crippen molar-refractivity contribution in [3.05, 3.63) is 34.9 Å². The van der Waals surface area contributed by atoms with Crippen molar-refractivity contribution < 1.29 is 5.11 Å². The van der Waals surface area contributed by atoms with Crippen molar-refractivity contribution in [2.24, 2.45) is 0 Å². The van der Waals surface area contributed by atoms with Crippen LogP contribution in [0.2, 0.25) is 5.02 Å². The quantitative estimate of drug-likeness (QED) is 0.772. The number of aliphatic hydroxyl groups excluding tert-OH is 1. The summed E-state index contributed by atoms with van der Waals surface area (Å²) in [5.74, 6) is 0.299. The van der Waals surface area contributed by atoms with Gasteiger partial charge in [0.1, 0.15) is 0 Å². The lowest BCUT2D eigenvalue weighted by molar-refractivity contribution is 0.188. The molecule has 72 valence electrons. The molecule has 1 atom stereocenters. The highest BCUT2D eigenvalue weighted by molar-refractivity contribution is 6.30. The first kappa shape index (κ1) is 10.8. The van der Waals surface area contributed by atoms with Gasteiger partial charge in [-0.05, 0) is 30.5 Å². The van der Waals surface area contributed by atoms with Gasteiger partial charge in [-0.2, -0.15) is 0 Å². The van der Waals surface area contributed by atoms with Gasteiger partial charge in [0.2, 0.25) is 0 Å². The van der Waals surface area contributed by atoms with Crippen LogP contribution in [0, 0.1) is 0 Å². The van der Waals surface area contributed by atoms with Crippen LogP contribution in [0.25, 0.3) is 0 Å². The summed E-state index contributed by atoms with van der Waals surface area (Å²) in [6.45, 7) is 0. The molecule has 0 radical (unpaired) electrons. The summed E-state index contributed by atoms with van der Waals surface area (Å²) in [6.07, 6.45) is 1.13. The normalized spacial score (nSPS) is 12.8. The summed E-state index contributed by atoms with van der Waals surface area (Å²) in [6, 6.07) is 7.63. The summed E-state index contributed by atoms with van der Waals surface area (Å²) in [5.41, 5.74) is 1.17. The van der Waals surface area contributed by atoms with Gasteiger partial charge in [0.25, 0.3) is 0 Å². The van der Waals surface area contributed by atoms with Crippen molar-refractivity contribution in [3.63, 3.8) is 0 Å².